The number of hydrazone groups is 1. The molecule has 0 aliphatic carbocycles. The van der Waals surface area contributed by atoms with E-state index in [4.69, 9.17) is 4.74 Å². The van der Waals surface area contributed by atoms with Crippen molar-refractivity contribution in [3.05, 3.63) is 75.8 Å². The second-order valence-corrected chi connectivity index (χ2v) is 5.49. The lowest BCUT2D eigenvalue weighted by Gasteiger charge is -2.30. The zero-order valence-corrected chi connectivity index (χ0v) is 13.2. The number of nitro benzene ring substituents is 1. The second-order valence-electron chi connectivity index (χ2n) is 5.49. The Kier molecular flexibility index (Phi) is 3.76. The summed E-state index contributed by atoms with van der Waals surface area (Å²) < 4.78 is 5.96. The molecule has 1 aliphatic rings. The second kappa shape index (κ2) is 5.77. The van der Waals surface area contributed by atoms with Gasteiger partial charge < -0.3 is 4.74 Å². The van der Waals surface area contributed by atoms with E-state index in [1.54, 1.807) is 19.1 Å². The highest BCUT2D eigenvalue weighted by Crippen LogP contribution is 2.36. The number of amides is 1. The first-order chi connectivity index (χ1) is 11.4. The van der Waals surface area contributed by atoms with Gasteiger partial charge in [0, 0.05) is 37.1 Å². The SMILES string of the molecule is CC(=O)N1N=C(c2cccc([N+](=O)[O-])c2)O[C@]1(C)c1ccccc1. The van der Waals surface area contributed by atoms with E-state index in [2.05, 4.69) is 5.10 Å². The molecule has 0 unspecified atom stereocenters. The number of carbonyl (C=O) groups excluding carboxylic acids is 1. The van der Waals surface area contributed by atoms with Crippen LogP contribution in [-0.2, 0) is 15.3 Å². The van der Waals surface area contributed by atoms with E-state index >= 15 is 0 Å². The van der Waals surface area contributed by atoms with E-state index in [-0.39, 0.29) is 17.5 Å². The first kappa shape index (κ1) is 15.7. The Hall–Kier alpha value is -3.22. The average Bonchev–Trinajstić information content (AvgIpc) is 2.95. The first-order valence-electron chi connectivity index (χ1n) is 7.30. The largest absolute Gasteiger partial charge is 0.443 e. The minimum Gasteiger partial charge on any atom is -0.443 e. The van der Waals surface area contributed by atoms with Crippen molar-refractivity contribution in [3.8, 4) is 0 Å². The van der Waals surface area contributed by atoms with Crippen molar-refractivity contribution in [1.29, 1.82) is 0 Å². The monoisotopic (exact) mass is 325 g/mol. The Morgan fingerprint density at radius 2 is 1.92 bits per heavy atom. The molecule has 7 heteroatoms. The van der Waals surface area contributed by atoms with E-state index in [0.717, 1.165) is 5.56 Å². The molecular weight excluding hydrogens is 310 g/mol. The summed E-state index contributed by atoms with van der Waals surface area (Å²) >= 11 is 0. The zero-order valence-electron chi connectivity index (χ0n) is 13.2. The molecule has 0 fully saturated rings. The van der Waals surface area contributed by atoms with Crippen molar-refractivity contribution >= 4 is 17.5 Å². The number of non-ortho nitro benzene ring substituents is 1. The highest BCUT2D eigenvalue weighted by molar-refractivity contribution is 5.97. The molecule has 7 nitrogen and oxygen atoms in total. The lowest BCUT2D eigenvalue weighted by atomic mass is 10.0. The topological polar surface area (TPSA) is 85.0 Å². The third-order valence-electron chi connectivity index (χ3n) is 3.80. The van der Waals surface area contributed by atoms with Gasteiger partial charge in [0.2, 0.25) is 17.5 Å². The molecule has 1 aliphatic heterocycles. The number of benzene rings is 2. The summed E-state index contributed by atoms with van der Waals surface area (Å²) in [5, 5.41) is 16.4. The molecule has 0 saturated heterocycles. The van der Waals surface area contributed by atoms with Crippen LogP contribution in [-0.4, -0.2) is 21.7 Å². The Morgan fingerprint density at radius 3 is 2.54 bits per heavy atom. The summed E-state index contributed by atoms with van der Waals surface area (Å²) in [4.78, 5) is 22.5. The fraction of sp³-hybridized carbons (Fsp3) is 0.176. The van der Waals surface area contributed by atoms with E-state index in [9.17, 15) is 14.9 Å². The summed E-state index contributed by atoms with van der Waals surface area (Å²) in [7, 11) is 0. The van der Waals surface area contributed by atoms with Crippen LogP contribution in [0, 0.1) is 10.1 Å². The van der Waals surface area contributed by atoms with E-state index in [1.807, 2.05) is 30.3 Å². The van der Waals surface area contributed by atoms with Gasteiger partial charge in [0.15, 0.2) is 0 Å². The normalized spacial score (nSPS) is 19.6. The van der Waals surface area contributed by atoms with Crippen LogP contribution < -0.4 is 0 Å². The van der Waals surface area contributed by atoms with Crippen LogP contribution in [0.25, 0.3) is 0 Å². The van der Waals surface area contributed by atoms with E-state index < -0.39 is 10.6 Å². The zero-order chi connectivity index (χ0) is 17.3. The highest BCUT2D eigenvalue weighted by Gasteiger charge is 2.44. The standard InChI is InChI=1S/C17H15N3O4/c1-12(21)19-17(2,14-8-4-3-5-9-14)24-16(18-19)13-7-6-10-15(11-13)20(22)23/h3-11H,1-2H3/t17-/m1/s1. The van der Waals surface area contributed by atoms with Gasteiger partial charge in [-0.15, -0.1) is 5.10 Å². The molecule has 1 amide bonds. The number of hydrogen-bond acceptors (Lipinski definition) is 5. The van der Waals surface area contributed by atoms with Gasteiger partial charge in [0.05, 0.1) is 4.92 Å². The van der Waals surface area contributed by atoms with E-state index in [1.165, 1.54) is 24.1 Å². The molecule has 2 aromatic carbocycles. The molecule has 0 N–H and O–H groups in total. The first-order valence-corrected chi connectivity index (χ1v) is 7.30. The highest BCUT2D eigenvalue weighted by atomic mass is 16.6. The molecule has 0 radical (unpaired) electrons. The smallest absolute Gasteiger partial charge is 0.270 e. The van der Waals surface area contributed by atoms with Gasteiger partial charge in [0.25, 0.3) is 5.69 Å². The molecule has 2 aromatic rings. The molecule has 0 saturated carbocycles. The number of nitro groups is 1. The van der Waals surface area contributed by atoms with Gasteiger partial charge in [-0.1, -0.05) is 36.4 Å². The Bertz CT molecular complexity index is 835. The molecule has 122 valence electrons. The minimum atomic E-state index is -1.10. The molecule has 24 heavy (non-hydrogen) atoms. The van der Waals surface area contributed by atoms with Crippen LogP contribution in [0.2, 0.25) is 0 Å². The number of nitrogens with zero attached hydrogens (tertiary/aromatic N) is 3. The van der Waals surface area contributed by atoms with Crippen molar-refractivity contribution < 1.29 is 14.5 Å². The fourth-order valence-electron chi connectivity index (χ4n) is 2.61. The van der Waals surface area contributed by atoms with Gasteiger partial charge in [-0.3, -0.25) is 14.9 Å². The van der Waals surface area contributed by atoms with Crippen LogP contribution in [0.4, 0.5) is 5.69 Å². The Morgan fingerprint density at radius 1 is 1.21 bits per heavy atom. The fourth-order valence-corrected chi connectivity index (χ4v) is 2.61. The minimum absolute atomic E-state index is 0.0681. The number of carbonyl (C=O) groups is 1. The summed E-state index contributed by atoms with van der Waals surface area (Å²) in [5.41, 5.74) is 0.0218. The van der Waals surface area contributed by atoms with Crippen molar-refractivity contribution in [2.45, 2.75) is 19.6 Å². The number of ether oxygens (including phenoxy) is 1. The van der Waals surface area contributed by atoms with Gasteiger partial charge in [-0.2, -0.15) is 5.01 Å². The van der Waals surface area contributed by atoms with Crippen LogP contribution >= 0.6 is 0 Å². The molecule has 3 rings (SSSR count). The van der Waals surface area contributed by atoms with E-state index in [0.29, 0.717) is 5.56 Å². The van der Waals surface area contributed by atoms with Gasteiger partial charge >= 0.3 is 0 Å². The summed E-state index contributed by atoms with van der Waals surface area (Å²) in [6.07, 6.45) is 0. The van der Waals surface area contributed by atoms with Gasteiger partial charge in [-0.25, -0.2) is 0 Å². The van der Waals surface area contributed by atoms with Crippen LogP contribution in [0.15, 0.2) is 59.7 Å². The van der Waals surface area contributed by atoms with Crippen molar-refractivity contribution in [2.75, 3.05) is 0 Å². The van der Waals surface area contributed by atoms with Gasteiger partial charge in [0.1, 0.15) is 0 Å². The Labute approximate surface area is 138 Å². The van der Waals surface area contributed by atoms with Crippen molar-refractivity contribution in [1.82, 2.24) is 5.01 Å². The van der Waals surface area contributed by atoms with Crippen LogP contribution in [0.1, 0.15) is 25.0 Å². The molecule has 0 bridgehead atoms. The molecular formula is C17H15N3O4. The predicted octanol–water partition coefficient (Wildman–Crippen LogP) is 3.01. The number of hydrogen-bond donors (Lipinski definition) is 0. The predicted molar refractivity (Wildman–Crippen MR) is 87.0 cm³/mol. The van der Waals surface area contributed by atoms with Crippen molar-refractivity contribution in [2.24, 2.45) is 5.10 Å². The van der Waals surface area contributed by atoms with Gasteiger partial charge in [-0.05, 0) is 6.07 Å². The third kappa shape index (κ3) is 2.60. The maximum atomic E-state index is 12.0. The Balaban J connectivity index is 2.03. The summed E-state index contributed by atoms with van der Waals surface area (Å²) in [5.74, 6) is -0.123. The molecule has 1 heterocycles. The summed E-state index contributed by atoms with van der Waals surface area (Å²) in [6.45, 7) is 3.13. The molecule has 1 atom stereocenters. The third-order valence-corrected chi connectivity index (χ3v) is 3.80. The number of rotatable bonds is 3. The van der Waals surface area contributed by atoms with Crippen LogP contribution in [0.3, 0.4) is 0 Å². The lowest BCUT2D eigenvalue weighted by molar-refractivity contribution is -0.384. The maximum Gasteiger partial charge on any atom is 0.270 e. The molecule has 0 aromatic heterocycles. The average molecular weight is 325 g/mol. The van der Waals surface area contributed by atoms with Crippen molar-refractivity contribution in [3.63, 3.8) is 0 Å². The summed E-state index contributed by atoms with van der Waals surface area (Å²) in [6, 6.07) is 15.2. The van der Waals surface area contributed by atoms with Crippen LogP contribution in [0.5, 0.6) is 0 Å². The molecule has 0 spiro atoms. The lowest BCUT2D eigenvalue weighted by Crippen LogP contribution is -2.41. The quantitative estimate of drug-likeness (QED) is 0.641. The maximum absolute atomic E-state index is 12.0.